The average Bonchev–Trinajstić information content (AvgIpc) is 1.64. The monoisotopic (exact) mass is 162 g/mol. The molecule has 0 saturated heterocycles. The summed E-state index contributed by atoms with van der Waals surface area (Å²) in [6.07, 6.45) is 0. The Morgan fingerprint density at radius 1 is 1.33 bits per heavy atom. The first kappa shape index (κ1) is 10.1. The van der Waals surface area contributed by atoms with Crippen LogP contribution in [0.2, 0.25) is 0 Å². The summed E-state index contributed by atoms with van der Waals surface area (Å²) >= 11 is 4.90. The molecule has 0 bridgehead atoms. The number of benzene rings is 1. The molecular formula is C7H7KS. The fourth-order valence-corrected chi connectivity index (χ4v) is 0.880. The van der Waals surface area contributed by atoms with Crippen molar-refractivity contribution in [2.45, 2.75) is 11.8 Å². The summed E-state index contributed by atoms with van der Waals surface area (Å²) in [6, 6.07) is 7.91. The molecule has 42 valence electrons. The second-order valence-corrected chi connectivity index (χ2v) is 2.29. The minimum Gasteiger partial charge on any atom is -0.780 e. The van der Waals surface area contributed by atoms with E-state index in [1.54, 1.807) is 0 Å². The molecule has 2 heteroatoms. The first-order valence-corrected chi connectivity index (χ1v) is 2.93. The molecule has 1 aromatic rings. The van der Waals surface area contributed by atoms with Crippen molar-refractivity contribution in [2.75, 3.05) is 0 Å². The van der Waals surface area contributed by atoms with Gasteiger partial charge >= 0.3 is 51.4 Å². The normalized spacial score (nSPS) is 8.11. The van der Waals surface area contributed by atoms with Crippen molar-refractivity contribution >= 4 is 12.6 Å². The predicted octanol–water partition coefficient (Wildman–Crippen LogP) is -1.10. The molecule has 0 aliphatic rings. The van der Waals surface area contributed by atoms with Crippen molar-refractivity contribution in [1.29, 1.82) is 0 Å². The standard InChI is InChI=1S/C7H8S.K/c1-6-3-2-4-7(8)5-6;/h2-5,8H,1H3;/q;+1/p-1. The summed E-state index contributed by atoms with van der Waals surface area (Å²) in [6.45, 7) is 2.04. The van der Waals surface area contributed by atoms with Crippen molar-refractivity contribution in [1.82, 2.24) is 0 Å². The second-order valence-electron chi connectivity index (χ2n) is 1.82. The van der Waals surface area contributed by atoms with E-state index in [2.05, 4.69) is 0 Å². The topological polar surface area (TPSA) is 0 Å². The third-order valence-electron chi connectivity index (χ3n) is 0.990. The van der Waals surface area contributed by atoms with Crippen LogP contribution in [0.1, 0.15) is 5.56 Å². The molecule has 0 saturated carbocycles. The van der Waals surface area contributed by atoms with E-state index in [4.69, 9.17) is 12.6 Å². The van der Waals surface area contributed by atoms with Crippen molar-refractivity contribution in [3.05, 3.63) is 29.8 Å². The number of aryl methyl sites for hydroxylation is 1. The van der Waals surface area contributed by atoms with E-state index in [1.165, 1.54) is 5.56 Å². The zero-order chi connectivity index (χ0) is 5.98. The van der Waals surface area contributed by atoms with E-state index in [-0.39, 0.29) is 51.4 Å². The van der Waals surface area contributed by atoms with Crippen LogP contribution in [0.4, 0.5) is 0 Å². The first-order valence-electron chi connectivity index (χ1n) is 2.53. The Morgan fingerprint density at radius 3 is 2.33 bits per heavy atom. The van der Waals surface area contributed by atoms with Gasteiger partial charge in [0, 0.05) is 0 Å². The van der Waals surface area contributed by atoms with Gasteiger partial charge in [0.25, 0.3) is 0 Å². The molecule has 1 aromatic carbocycles. The van der Waals surface area contributed by atoms with E-state index in [1.807, 2.05) is 31.2 Å². The molecular weight excluding hydrogens is 155 g/mol. The molecule has 0 N–H and O–H groups in total. The van der Waals surface area contributed by atoms with Gasteiger partial charge in [-0.05, 0) is 6.92 Å². The van der Waals surface area contributed by atoms with Gasteiger partial charge in [-0.15, -0.1) is 0 Å². The summed E-state index contributed by atoms with van der Waals surface area (Å²) in [4.78, 5) is 0.921. The summed E-state index contributed by atoms with van der Waals surface area (Å²) in [5.74, 6) is 0. The fourth-order valence-electron chi connectivity index (χ4n) is 0.615. The molecule has 1 rings (SSSR count). The van der Waals surface area contributed by atoms with Gasteiger partial charge in [0.15, 0.2) is 0 Å². The maximum atomic E-state index is 4.90. The van der Waals surface area contributed by atoms with Crippen LogP contribution in [0.5, 0.6) is 0 Å². The molecule has 0 aliphatic heterocycles. The molecule has 0 aliphatic carbocycles. The van der Waals surface area contributed by atoms with Gasteiger partial charge < -0.3 is 12.6 Å². The number of hydrogen-bond donors (Lipinski definition) is 0. The minimum absolute atomic E-state index is 0. The Hall–Kier alpha value is 1.08. The zero-order valence-corrected chi connectivity index (χ0v) is 9.66. The largest absolute Gasteiger partial charge is 1.00 e. The first-order chi connectivity index (χ1) is 3.79. The van der Waals surface area contributed by atoms with Gasteiger partial charge in [0.2, 0.25) is 0 Å². The third-order valence-corrected chi connectivity index (χ3v) is 1.24. The van der Waals surface area contributed by atoms with Crippen LogP contribution >= 0.6 is 0 Å². The van der Waals surface area contributed by atoms with E-state index in [0.717, 1.165) is 4.90 Å². The van der Waals surface area contributed by atoms with Crippen LogP contribution in [0.25, 0.3) is 0 Å². The zero-order valence-electron chi connectivity index (χ0n) is 5.72. The molecule has 0 aromatic heterocycles. The minimum atomic E-state index is 0. The van der Waals surface area contributed by atoms with Crippen molar-refractivity contribution < 1.29 is 51.4 Å². The van der Waals surface area contributed by atoms with Gasteiger partial charge in [-0.2, -0.15) is 4.90 Å². The van der Waals surface area contributed by atoms with Crippen LogP contribution < -0.4 is 51.4 Å². The van der Waals surface area contributed by atoms with Gasteiger partial charge in [0.05, 0.1) is 0 Å². The van der Waals surface area contributed by atoms with E-state index < -0.39 is 0 Å². The Bertz CT molecular complexity index is 169. The molecule has 0 radical (unpaired) electrons. The van der Waals surface area contributed by atoms with Crippen molar-refractivity contribution in [2.24, 2.45) is 0 Å². The summed E-state index contributed by atoms with van der Waals surface area (Å²) in [5, 5.41) is 0. The van der Waals surface area contributed by atoms with E-state index >= 15 is 0 Å². The fraction of sp³-hybridized carbons (Fsp3) is 0.143. The van der Waals surface area contributed by atoms with Gasteiger partial charge in [0.1, 0.15) is 0 Å². The Balaban J connectivity index is 0.000000640. The van der Waals surface area contributed by atoms with E-state index in [9.17, 15) is 0 Å². The molecule has 0 atom stereocenters. The van der Waals surface area contributed by atoms with Crippen LogP contribution in [0.15, 0.2) is 29.2 Å². The van der Waals surface area contributed by atoms with Crippen LogP contribution in [-0.2, 0) is 12.6 Å². The van der Waals surface area contributed by atoms with Gasteiger partial charge in [-0.1, -0.05) is 29.8 Å². The molecule has 0 nitrogen and oxygen atoms in total. The molecule has 0 fully saturated rings. The summed E-state index contributed by atoms with van der Waals surface area (Å²) in [7, 11) is 0. The molecule has 0 heterocycles. The molecule has 0 spiro atoms. The van der Waals surface area contributed by atoms with Crippen LogP contribution in [0.3, 0.4) is 0 Å². The Kier molecular flexibility index (Phi) is 5.40. The smallest absolute Gasteiger partial charge is 0.780 e. The molecule has 9 heavy (non-hydrogen) atoms. The van der Waals surface area contributed by atoms with Crippen LogP contribution in [0, 0.1) is 6.92 Å². The third kappa shape index (κ3) is 3.70. The SMILES string of the molecule is Cc1cccc([S-])c1.[K+]. The van der Waals surface area contributed by atoms with Crippen LogP contribution in [-0.4, -0.2) is 0 Å². The van der Waals surface area contributed by atoms with Crippen molar-refractivity contribution in [3.8, 4) is 0 Å². The molecule has 0 unspecified atom stereocenters. The summed E-state index contributed by atoms with van der Waals surface area (Å²) < 4.78 is 0. The van der Waals surface area contributed by atoms with E-state index in [0.29, 0.717) is 0 Å². The second kappa shape index (κ2) is 4.83. The average molecular weight is 162 g/mol. The maximum Gasteiger partial charge on any atom is 1.00 e. The predicted molar refractivity (Wildman–Crippen MR) is 36.8 cm³/mol. The Morgan fingerprint density at radius 2 is 2.00 bits per heavy atom. The summed E-state index contributed by atoms with van der Waals surface area (Å²) in [5.41, 5.74) is 1.23. The van der Waals surface area contributed by atoms with Crippen molar-refractivity contribution in [3.63, 3.8) is 0 Å². The van der Waals surface area contributed by atoms with Gasteiger partial charge in [-0.25, -0.2) is 0 Å². The maximum absolute atomic E-state index is 4.90. The molecule has 0 amide bonds. The number of rotatable bonds is 0. The van der Waals surface area contributed by atoms with Gasteiger partial charge in [-0.3, -0.25) is 0 Å². The Labute approximate surface area is 104 Å². The quantitative estimate of drug-likeness (QED) is 0.345. The number of hydrogen-bond acceptors (Lipinski definition) is 1.